The SMILES string of the molecule is C[C@H](CC(=O)NCc1ccco1)[C@H]1CC[C@H]2[C@@H]3[C@H](O)C[C@@H]4C[C@H](O)CC[C@]4(C)[C@H]3CC[C@]12C. The van der Waals surface area contributed by atoms with E-state index in [2.05, 4.69) is 26.1 Å². The lowest BCUT2D eigenvalue weighted by Gasteiger charge is -2.62. The summed E-state index contributed by atoms with van der Waals surface area (Å²) in [6.07, 6.45) is 10.3. The number of furan rings is 1. The fourth-order valence-electron chi connectivity index (χ4n) is 9.28. The number of carbonyl (C=O) groups is 1. The van der Waals surface area contributed by atoms with Crippen molar-refractivity contribution in [1.29, 1.82) is 0 Å². The topological polar surface area (TPSA) is 82.7 Å². The molecule has 0 spiro atoms. The van der Waals surface area contributed by atoms with Crippen LogP contribution in [0.5, 0.6) is 0 Å². The maximum absolute atomic E-state index is 12.7. The molecule has 4 aliphatic carbocycles. The monoisotopic (exact) mass is 457 g/mol. The molecule has 5 rings (SSSR count). The van der Waals surface area contributed by atoms with Gasteiger partial charge in [-0.05, 0) is 110 Å². The molecule has 0 unspecified atom stereocenters. The third-order valence-corrected chi connectivity index (χ3v) is 11.0. The lowest BCUT2D eigenvalue weighted by molar-refractivity contribution is -0.174. The number of hydrogen-bond donors (Lipinski definition) is 3. The lowest BCUT2D eigenvalue weighted by Crippen LogP contribution is -2.58. The van der Waals surface area contributed by atoms with E-state index in [1.54, 1.807) is 6.26 Å². The molecule has 5 nitrogen and oxygen atoms in total. The van der Waals surface area contributed by atoms with Gasteiger partial charge in [0.05, 0.1) is 25.0 Å². The molecule has 184 valence electrons. The molecule has 0 aliphatic heterocycles. The Morgan fingerprint density at radius 2 is 1.88 bits per heavy atom. The van der Waals surface area contributed by atoms with E-state index in [0.717, 1.165) is 31.4 Å². The number of nitrogens with one attached hydrogen (secondary N) is 1. The van der Waals surface area contributed by atoms with Gasteiger partial charge in [0.15, 0.2) is 0 Å². The van der Waals surface area contributed by atoms with Crippen molar-refractivity contribution in [3.8, 4) is 0 Å². The van der Waals surface area contributed by atoms with Crippen molar-refractivity contribution in [3.63, 3.8) is 0 Å². The predicted molar refractivity (Wildman–Crippen MR) is 127 cm³/mol. The Morgan fingerprint density at radius 3 is 2.64 bits per heavy atom. The van der Waals surface area contributed by atoms with Gasteiger partial charge in [-0.25, -0.2) is 0 Å². The minimum absolute atomic E-state index is 0.105. The Kier molecular flexibility index (Phi) is 6.18. The van der Waals surface area contributed by atoms with Gasteiger partial charge in [0, 0.05) is 6.42 Å². The molecule has 4 aliphatic rings. The minimum Gasteiger partial charge on any atom is -0.467 e. The molecule has 0 saturated heterocycles. The molecule has 0 bridgehead atoms. The third kappa shape index (κ3) is 3.97. The number of rotatable bonds is 5. The summed E-state index contributed by atoms with van der Waals surface area (Å²) in [5, 5.41) is 24.7. The molecule has 1 heterocycles. The zero-order valence-corrected chi connectivity index (χ0v) is 20.6. The quantitative estimate of drug-likeness (QED) is 0.587. The van der Waals surface area contributed by atoms with Crippen LogP contribution in [0.1, 0.15) is 84.3 Å². The minimum atomic E-state index is -0.242. The first-order valence-electron chi connectivity index (χ1n) is 13.4. The number of aliphatic hydroxyl groups excluding tert-OH is 2. The fourth-order valence-corrected chi connectivity index (χ4v) is 9.28. The first-order valence-corrected chi connectivity index (χ1v) is 13.4. The maximum atomic E-state index is 12.7. The van der Waals surface area contributed by atoms with Crippen molar-refractivity contribution in [1.82, 2.24) is 5.32 Å². The molecule has 1 aromatic rings. The Hall–Kier alpha value is -1.33. The average molecular weight is 458 g/mol. The number of carbonyl (C=O) groups excluding carboxylic acids is 1. The zero-order valence-electron chi connectivity index (χ0n) is 20.6. The highest BCUT2D eigenvalue weighted by atomic mass is 16.3. The molecule has 33 heavy (non-hydrogen) atoms. The van der Waals surface area contributed by atoms with E-state index in [1.807, 2.05) is 12.1 Å². The summed E-state index contributed by atoms with van der Waals surface area (Å²) in [4.78, 5) is 12.7. The Morgan fingerprint density at radius 1 is 1.12 bits per heavy atom. The second-order valence-electron chi connectivity index (χ2n) is 12.5. The summed E-state index contributed by atoms with van der Waals surface area (Å²) < 4.78 is 5.34. The van der Waals surface area contributed by atoms with Crippen LogP contribution in [0, 0.1) is 46.3 Å². The van der Waals surface area contributed by atoms with Gasteiger partial charge in [-0.3, -0.25) is 4.79 Å². The summed E-state index contributed by atoms with van der Waals surface area (Å²) in [6.45, 7) is 7.64. The number of aliphatic hydroxyl groups is 2. The predicted octanol–water partition coefficient (Wildman–Crippen LogP) is 4.91. The van der Waals surface area contributed by atoms with Crippen LogP contribution < -0.4 is 5.32 Å². The van der Waals surface area contributed by atoms with E-state index < -0.39 is 0 Å². The van der Waals surface area contributed by atoms with Gasteiger partial charge in [-0.15, -0.1) is 0 Å². The molecule has 4 fully saturated rings. The van der Waals surface area contributed by atoms with Crippen molar-refractivity contribution < 1.29 is 19.4 Å². The normalized spacial score (nSPS) is 45.5. The van der Waals surface area contributed by atoms with Crippen LogP contribution in [0.2, 0.25) is 0 Å². The number of amides is 1. The maximum Gasteiger partial charge on any atom is 0.220 e. The Bertz CT molecular complexity index is 839. The van der Waals surface area contributed by atoms with Crippen molar-refractivity contribution in [3.05, 3.63) is 24.2 Å². The van der Waals surface area contributed by atoms with Crippen molar-refractivity contribution in [2.24, 2.45) is 46.3 Å². The van der Waals surface area contributed by atoms with Gasteiger partial charge >= 0.3 is 0 Å². The van der Waals surface area contributed by atoms with E-state index in [0.29, 0.717) is 48.5 Å². The van der Waals surface area contributed by atoms with E-state index in [1.165, 1.54) is 25.7 Å². The molecule has 4 saturated carbocycles. The van der Waals surface area contributed by atoms with Crippen LogP contribution in [0.25, 0.3) is 0 Å². The molecule has 1 aromatic heterocycles. The van der Waals surface area contributed by atoms with Gasteiger partial charge < -0.3 is 19.9 Å². The standard InChI is InChI=1S/C28H43NO4/c1-17(13-25(32)29-16-20-5-4-12-33-20)21-6-7-22-26-23(9-11-28(21,22)3)27(2)10-8-19(30)14-18(27)15-24(26)31/h4-5,12,17-19,21-24,26,30-31H,6-11,13-16H2,1-3H3,(H,29,32)/t17-,18+,19-,21-,22+,23+,24-,26+,27+,28-/m1/s1. The highest BCUT2D eigenvalue weighted by Gasteiger charge is 2.62. The second-order valence-corrected chi connectivity index (χ2v) is 12.5. The average Bonchev–Trinajstić information content (AvgIpc) is 3.41. The summed E-state index contributed by atoms with van der Waals surface area (Å²) >= 11 is 0. The summed E-state index contributed by atoms with van der Waals surface area (Å²) in [7, 11) is 0. The van der Waals surface area contributed by atoms with Gasteiger partial charge in [0.2, 0.25) is 5.91 Å². The number of hydrogen-bond acceptors (Lipinski definition) is 4. The van der Waals surface area contributed by atoms with E-state index in [9.17, 15) is 15.0 Å². The molecular formula is C28H43NO4. The van der Waals surface area contributed by atoms with Crippen molar-refractivity contribution in [2.45, 2.75) is 97.3 Å². The first kappa shape index (κ1) is 23.4. The van der Waals surface area contributed by atoms with Crippen LogP contribution >= 0.6 is 0 Å². The fraction of sp³-hybridized carbons (Fsp3) is 0.821. The van der Waals surface area contributed by atoms with Crippen LogP contribution in [0.4, 0.5) is 0 Å². The molecule has 1 amide bonds. The smallest absolute Gasteiger partial charge is 0.220 e. The Labute approximate surface area is 198 Å². The van der Waals surface area contributed by atoms with Crippen LogP contribution in [0.3, 0.4) is 0 Å². The van der Waals surface area contributed by atoms with Crippen LogP contribution in [-0.2, 0) is 11.3 Å². The highest BCUT2D eigenvalue weighted by Crippen LogP contribution is 2.68. The summed E-state index contributed by atoms with van der Waals surface area (Å²) in [5.74, 6) is 3.72. The van der Waals surface area contributed by atoms with Gasteiger partial charge in [0.25, 0.3) is 0 Å². The van der Waals surface area contributed by atoms with Crippen molar-refractivity contribution in [2.75, 3.05) is 0 Å². The molecule has 0 aromatic carbocycles. The molecule has 3 N–H and O–H groups in total. The second kappa shape index (κ2) is 8.71. The van der Waals surface area contributed by atoms with E-state index in [4.69, 9.17) is 4.42 Å². The van der Waals surface area contributed by atoms with Crippen LogP contribution in [0.15, 0.2) is 22.8 Å². The van der Waals surface area contributed by atoms with E-state index >= 15 is 0 Å². The molecule has 0 radical (unpaired) electrons. The Balaban J connectivity index is 1.27. The van der Waals surface area contributed by atoms with Gasteiger partial charge in [-0.2, -0.15) is 0 Å². The molecule has 5 heteroatoms. The lowest BCUT2D eigenvalue weighted by atomic mass is 9.43. The van der Waals surface area contributed by atoms with Gasteiger partial charge in [-0.1, -0.05) is 20.8 Å². The van der Waals surface area contributed by atoms with Crippen LogP contribution in [-0.4, -0.2) is 28.3 Å². The van der Waals surface area contributed by atoms with E-state index in [-0.39, 0.29) is 28.9 Å². The third-order valence-electron chi connectivity index (χ3n) is 11.0. The summed E-state index contributed by atoms with van der Waals surface area (Å²) in [5.41, 5.74) is 0.472. The largest absolute Gasteiger partial charge is 0.467 e. The number of fused-ring (bicyclic) bond motifs is 5. The summed E-state index contributed by atoms with van der Waals surface area (Å²) in [6, 6.07) is 3.73. The highest BCUT2D eigenvalue weighted by molar-refractivity contribution is 5.76. The molecule has 10 atom stereocenters. The zero-order chi connectivity index (χ0) is 23.4. The van der Waals surface area contributed by atoms with Crippen molar-refractivity contribution >= 4 is 5.91 Å². The first-order chi connectivity index (χ1) is 15.7. The molecular weight excluding hydrogens is 414 g/mol. The van der Waals surface area contributed by atoms with Gasteiger partial charge in [0.1, 0.15) is 5.76 Å².